The molecule has 0 saturated heterocycles. The molecule has 110 valence electrons. The van der Waals surface area contributed by atoms with Crippen molar-refractivity contribution in [3.8, 4) is 0 Å². The van der Waals surface area contributed by atoms with Crippen LogP contribution in [0.25, 0.3) is 0 Å². The van der Waals surface area contributed by atoms with E-state index in [-0.39, 0.29) is 5.91 Å². The van der Waals surface area contributed by atoms with E-state index in [1.54, 1.807) is 6.07 Å². The lowest BCUT2D eigenvalue weighted by atomic mass is 10.1. The number of hydrogen-bond donors (Lipinski definition) is 0. The monoisotopic (exact) mass is 294 g/mol. The Morgan fingerprint density at radius 3 is 2.70 bits per heavy atom. The largest absolute Gasteiger partial charge is 0.336 e. The van der Waals surface area contributed by atoms with E-state index in [2.05, 4.69) is 18.8 Å². The third-order valence-electron chi connectivity index (χ3n) is 3.65. The van der Waals surface area contributed by atoms with E-state index in [0.717, 1.165) is 37.9 Å². The van der Waals surface area contributed by atoms with Gasteiger partial charge in [-0.2, -0.15) is 0 Å². The van der Waals surface area contributed by atoms with Gasteiger partial charge in [-0.3, -0.25) is 4.79 Å². The van der Waals surface area contributed by atoms with Gasteiger partial charge in [0.15, 0.2) is 0 Å². The SMILES string of the molecule is CCc1cc(C(=O)N(CCC(C)C)C2CC2)cc(Cl)n1. The molecule has 0 aliphatic heterocycles. The Morgan fingerprint density at radius 1 is 1.45 bits per heavy atom. The maximum absolute atomic E-state index is 12.7. The normalized spacial score (nSPS) is 14.7. The summed E-state index contributed by atoms with van der Waals surface area (Å²) < 4.78 is 0. The zero-order valence-electron chi connectivity index (χ0n) is 12.5. The van der Waals surface area contributed by atoms with Crippen molar-refractivity contribution in [1.29, 1.82) is 0 Å². The quantitative estimate of drug-likeness (QED) is 0.744. The summed E-state index contributed by atoms with van der Waals surface area (Å²) in [6.07, 6.45) is 4.09. The summed E-state index contributed by atoms with van der Waals surface area (Å²) in [7, 11) is 0. The molecular weight excluding hydrogens is 272 g/mol. The number of aromatic nitrogens is 1. The number of nitrogens with zero attached hydrogens (tertiary/aromatic N) is 2. The second-order valence-corrected chi connectivity index (χ2v) is 6.32. The predicted molar refractivity (Wildman–Crippen MR) is 82.1 cm³/mol. The van der Waals surface area contributed by atoms with Crippen LogP contribution < -0.4 is 0 Å². The van der Waals surface area contributed by atoms with Crippen molar-refractivity contribution in [3.63, 3.8) is 0 Å². The number of carbonyl (C=O) groups excluding carboxylic acids is 1. The van der Waals surface area contributed by atoms with Gasteiger partial charge in [0, 0.05) is 23.8 Å². The smallest absolute Gasteiger partial charge is 0.254 e. The van der Waals surface area contributed by atoms with E-state index in [1.165, 1.54) is 0 Å². The lowest BCUT2D eigenvalue weighted by Crippen LogP contribution is -2.34. The number of halogens is 1. The third kappa shape index (κ3) is 3.95. The van der Waals surface area contributed by atoms with Crippen LogP contribution in [-0.4, -0.2) is 28.4 Å². The molecule has 1 fully saturated rings. The van der Waals surface area contributed by atoms with E-state index >= 15 is 0 Å². The highest BCUT2D eigenvalue weighted by atomic mass is 35.5. The molecule has 4 heteroatoms. The molecule has 0 unspecified atom stereocenters. The van der Waals surface area contributed by atoms with Crippen LogP contribution in [0.4, 0.5) is 0 Å². The van der Waals surface area contributed by atoms with Crippen molar-refractivity contribution in [2.45, 2.75) is 52.5 Å². The molecule has 1 aliphatic rings. The lowest BCUT2D eigenvalue weighted by Gasteiger charge is -2.23. The molecule has 1 aromatic rings. The summed E-state index contributed by atoms with van der Waals surface area (Å²) in [5, 5.41) is 0.410. The van der Waals surface area contributed by atoms with Gasteiger partial charge < -0.3 is 4.90 Å². The van der Waals surface area contributed by atoms with Crippen LogP contribution in [0.15, 0.2) is 12.1 Å². The molecule has 0 bridgehead atoms. The number of hydrogen-bond acceptors (Lipinski definition) is 2. The van der Waals surface area contributed by atoms with Crippen LogP contribution in [0.2, 0.25) is 5.15 Å². The van der Waals surface area contributed by atoms with Crippen LogP contribution in [0.3, 0.4) is 0 Å². The van der Waals surface area contributed by atoms with E-state index < -0.39 is 0 Å². The fourth-order valence-corrected chi connectivity index (χ4v) is 2.48. The van der Waals surface area contributed by atoms with Gasteiger partial charge in [0.1, 0.15) is 5.15 Å². The van der Waals surface area contributed by atoms with E-state index in [9.17, 15) is 4.79 Å². The van der Waals surface area contributed by atoms with Gasteiger partial charge >= 0.3 is 0 Å². The number of carbonyl (C=O) groups is 1. The summed E-state index contributed by atoms with van der Waals surface area (Å²) in [5.41, 5.74) is 1.55. The third-order valence-corrected chi connectivity index (χ3v) is 3.85. The van der Waals surface area contributed by atoms with E-state index in [1.807, 2.05) is 17.9 Å². The summed E-state index contributed by atoms with van der Waals surface area (Å²) in [4.78, 5) is 18.9. The molecular formula is C16H23ClN2O. The van der Waals surface area contributed by atoms with Gasteiger partial charge in [-0.1, -0.05) is 32.4 Å². The minimum atomic E-state index is 0.104. The Balaban J connectivity index is 2.16. The summed E-state index contributed by atoms with van der Waals surface area (Å²) >= 11 is 6.02. The molecule has 2 rings (SSSR count). The van der Waals surface area contributed by atoms with Gasteiger partial charge in [0.2, 0.25) is 0 Å². The zero-order valence-corrected chi connectivity index (χ0v) is 13.3. The maximum Gasteiger partial charge on any atom is 0.254 e. The van der Waals surface area contributed by atoms with Crippen LogP contribution in [0, 0.1) is 5.92 Å². The first-order valence-electron chi connectivity index (χ1n) is 7.48. The van der Waals surface area contributed by atoms with Crippen molar-refractivity contribution < 1.29 is 4.79 Å². The molecule has 0 atom stereocenters. The van der Waals surface area contributed by atoms with Gasteiger partial charge in [-0.15, -0.1) is 0 Å². The number of aryl methyl sites for hydroxylation is 1. The van der Waals surface area contributed by atoms with Crippen LogP contribution in [0.1, 0.15) is 56.1 Å². The summed E-state index contributed by atoms with van der Waals surface area (Å²) in [6.45, 7) is 7.23. The average Bonchev–Trinajstić information content (AvgIpc) is 3.22. The number of pyridine rings is 1. The Kier molecular flexibility index (Phi) is 5.03. The second kappa shape index (κ2) is 6.57. The fraction of sp³-hybridized carbons (Fsp3) is 0.625. The minimum Gasteiger partial charge on any atom is -0.336 e. The maximum atomic E-state index is 12.7. The van der Waals surface area contributed by atoms with Gasteiger partial charge in [0.05, 0.1) is 0 Å². The molecule has 1 amide bonds. The Labute approximate surface area is 126 Å². The standard InChI is InChI=1S/C16H23ClN2O/c1-4-13-9-12(10-15(17)18-13)16(20)19(14-5-6-14)8-7-11(2)3/h9-11,14H,4-8H2,1-3H3. The number of rotatable bonds is 6. The molecule has 0 radical (unpaired) electrons. The van der Waals surface area contributed by atoms with Crippen molar-refractivity contribution in [3.05, 3.63) is 28.5 Å². The Bertz CT molecular complexity index is 483. The number of amides is 1. The van der Waals surface area contributed by atoms with Crippen molar-refractivity contribution in [1.82, 2.24) is 9.88 Å². The van der Waals surface area contributed by atoms with Gasteiger partial charge in [-0.25, -0.2) is 4.98 Å². The topological polar surface area (TPSA) is 33.2 Å². The van der Waals surface area contributed by atoms with Crippen LogP contribution in [-0.2, 0) is 6.42 Å². The molecule has 0 spiro atoms. The summed E-state index contributed by atoms with van der Waals surface area (Å²) in [5.74, 6) is 0.712. The first-order chi connectivity index (χ1) is 9.51. The second-order valence-electron chi connectivity index (χ2n) is 5.94. The van der Waals surface area contributed by atoms with E-state index in [4.69, 9.17) is 11.6 Å². The van der Waals surface area contributed by atoms with Gasteiger partial charge in [-0.05, 0) is 43.7 Å². The van der Waals surface area contributed by atoms with Crippen molar-refractivity contribution in [2.75, 3.05) is 6.54 Å². The first-order valence-corrected chi connectivity index (χ1v) is 7.86. The first kappa shape index (κ1) is 15.3. The van der Waals surface area contributed by atoms with Crippen molar-refractivity contribution in [2.24, 2.45) is 5.92 Å². The zero-order chi connectivity index (χ0) is 14.7. The molecule has 3 nitrogen and oxygen atoms in total. The molecule has 1 aliphatic carbocycles. The Hall–Kier alpha value is -1.09. The molecule has 1 saturated carbocycles. The average molecular weight is 295 g/mol. The van der Waals surface area contributed by atoms with Crippen LogP contribution in [0.5, 0.6) is 0 Å². The summed E-state index contributed by atoms with van der Waals surface area (Å²) in [6, 6.07) is 3.99. The molecule has 1 heterocycles. The highest BCUT2D eigenvalue weighted by Gasteiger charge is 2.33. The lowest BCUT2D eigenvalue weighted by molar-refractivity contribution is 0.0735. The fourth-order valence-electron chi connectivity index (χ4n) is 2.26. The minimum absolute atomic E-state index is 0.104. The van der Waals surface area contributed by atoms with Crippen LogP contribution >= 0.6 is 11.6 Å². The molecule has 0 N–H and O–H groups in total. The van der Waals surface area contributed by atoms with Gasteiger partial charge in [0.25, 0.3) is 5.91 Å². The van der Waals surface area contributed by atoms with E-state index in [0.29, 0.717) is 22.7 Å². The Morgan fingerprint density at radius 2 is 2.15 bits per heavy atom. The predicted octanol–water partition coefficient (Wildman–Crippen LogP) is 3.95. The molecule has 20 heavy (non-hydrogen) atoms. The highest BCUT2D eigenvalue weighted by molar-refractivity contribution is 6.29. The molecule has 0 aromatic carbocycles. The highest BCUT2D eigenvalue weighted by Crippen LogP contribution is 2.29. The van der Waals surface area contributed by atoms with Crippen molar-refractivity contribution >= 4 is 17.5 Å². The molecule has 1 aromatic heterocycles.